The van der Waals surface area contributed by atoms with Gasteiger partial charge in [0.1, 0.15) is 6.54 Å². The number of nitrogens with zero attached hydrogens (tertiary/aromatic N) is 2. The van der Waals surface area contributed by atoms with Crippen LogP contribution in [0.1, 0.15) is 20.3 Å². The molecule has 0 radical (unpaired) electrons. The van der Waals surface area contributed by atoms with Crippen molar-refractivity contribution in [3.05, 3.63) is 38.8 Å². The summed E-state index contributed by atoms with van der Waals surface area (Å²) in [5.41, 5.74) is -0.721. The first-order chi connectivity index (χ1) is 8.90. The van der Waals surface area contributed by atoms with E-state index >= 15 is 0 Å². The molecule has 0 fully saturated rings. The maximum Gasteiger partial charge on any atom is 0.326 e. The van der Waals surface area contributed by atoms with Gasteiger partial charge >= 0.3 is 5.97 Å². The van der Waals surface area contributed by atoms with Crippen molar-refractivity contribution in [3.63, 3.8) is 0 Å². The third-order valence-corrected chi connectivity index (χ3v) is 2.44. The summed E-state index contributed by atoms with van der Waals surface area (Å²) in [5, 5.41) is 10.6. The molecule has 1 aromatic heterocycles. The zero-order valence-electron chi connectivity index (χ0n) is 10.9. The lowest BCUT2D eigenvalue weighted by Gasteiger charge is -2.08. The van der Waals surface area contributed by atoms with Gasteiger partial charge < -0.3 is 4.74 Å². The Kier molecular flexibility index (Phi) is 5.23. The molecule has 7 heteroatoms. The lowest BCUT2D eigenvalue weighted by atomic mass is 10.1. The molecule has 0 N–H and O–H groups in total. The van der Waals surface area contributed by atoms with Gasteiger partial charge in [-0.15, -0.1) is 0 Å². The molecule has 0 amide bonds. The predicted octanol–water partition coefficient (Wildman–Crippen LogP) is 1.35. The van der Waals surface area contributed by atoms with Crippen LogP contribution < -0.4 is 5.56 Å². The Morgan fingerprint density at radius 2 is 2.16 bits per heavy atom. The van der Waals surface area contributed by atoms with E-state index in [4.69, 9.17) is 4.74 Å². The van der Waals surface area contributed by atoms with Crippen LogP contribution in [0.15, 0.2) is 23.1 Å². The van der Waals surface area contributed by atoms with Crippen molar-refractivity contribution in [1.82, 2.24) is 4.57 Å². The average Bonchev–Trinajstić information content (AvgIpc) is 2.31. The molecule has 0 bridgehead atoms. The first kappa shape index (κ1) is 14.9. The maximum absolute atomic E-state index is 11.5. The number of hydrogen-bond acceptors (Lipinski definition) is 5. The third kappa shape index (κ3) is 4.90. The molecular formula is C12H16N2O5. The molecule has 0 aliphatic rings. The SMILES string of the molecule is CC(C)CCOC(=O)Cn1cc([N+](=O)[O-])ccc1=O. The second-order valence-corrected chi connectivity index (χ2v) is 4.51. The Morgan fingerprint density at radius 3 is 2.74 bits per heavy atom. The highest BCUT2D eigenvalue weighted by Gasteiger charge is 2.11. The molecule has 7 nitrogen and oxygen atoms in total. The fraction of sp³-hybridized carbons (Fsp3) is 0.500. The summed E-state index contributed by atoms with van der Waals surface area (Å²) in [6.07, 6.45) is 1.77. The van der Waals surface area contributed by atoms with Crippen LogP contribution in [-0.4, -0.2) is 22.1 Å². The minimum Gasteiger partial charge on any atom is -0.464 e. The zero-order chi connectivity index (χ0) is 14.4. The van der Waals surface area contributed by atoms with Gasteiger partial charge in [-0.1, -0.05) is 13.8 Å². The Hall–Kier alpha value is -2.18. The second kappa shape index (κ2) is 6.67. The van der Waals surface area contributed by atoms with E-state index in [1.165, 1.54) is 0 Å². The number of carbonyl (C=O) groups excluding carboxylic acids is 1. The highest BCUT2D eigenvalue weighted by atomic mass is 16.6. The van der Waals surface area contributed by atoms with E-state index in [0.717, 1.165) is 29.3 Å². The van der Waals surface area contributed by atoms with E-state index in [1.807, 2.05) is 13.8 Å². The standard InChI is InChI=1S/C12H16N2O5/c1-9(2)5-6-19-12(16)8-13-7-10(14(17)18)3-4-11(13)15/h3-4,7,9H,5-6,8H2,1-2H3. The van der Waals surface area contributed by atoms with Crippen LogP contribution in [0.2, 0.25) is 0 Å². The molecule has 0 atom stereocenters. The van der Waals surface area contributed by atoms with Crippen molar-refractivity contribution in [2.75, 3.05) is 6.61 Å². The van der Waals surface area contributed by atoms with Crippen LogP contribution >= 0.6 is 0 Å². The quantitative estimate of drug-likeness (QED) is 0.441. The molecule has 104 valence electrons. The van der Waals surface area contributed by atoms with Gasteiger partial charge in [0.2, 0.25) is 0 Å². The van der Waals surface area contributed by atoms with Crippen LogP contribution in [0.3, 0.4) is 0 Å². The summed E-state index contributed by atoms with van der Waals surface area (Å²) >= 11 is 0. The summed E-state index contributed by atoms with van der Waals surface area (Å²) < 4.78 is 5.91. The van der Waals surface area contributed by atoms with Crippen LogP contribution in [0, 0.1) is 16.0 Å². The van der Waals surface area contributed by atoms with Crippen molar-refractivity contribution >= 4 is 11.7 Å². The van der Waals surface area contributed by atoms with Gasteiger partial charge in [0.25, 0.3) is 11.2 Å². The largest absolute Gasteiger partial charge is 0.464 e. The van der Waals surface area contributed by atoms with Crippen LogP contribution in [-0.2, 0) is 16.1 Å². The fourth-order valence-electron chi connectivity index (χ4n) is 1.34. The van der Waals surface area contributed by atoms with Gasteiger partial charge in [-0.25, -0.2) is 0 Å². The Balaban J connectivity index is 2.66. The van der Waals surface area contributed by atoms with Crippen molar-refractivity contribution in [1.29, 1.82) is 0 Å². The maximum atomic E-state index is 11.5. The first-order valence-electron chi connectivity index (χ1n) is 5.90. The normalized spacial score (nSPS) is 10.5. The molecule has 1 heterocycles. The van der Waals surface area contributed by atoms with Gasteiger partial charge in [-0.05, 0) is 12.3 Å². The second-order valence-electron chi connectivity index (χ2n) is 4.51. The van der Waals surface area contributed by atoms with E-state index in [2.05, 4.69) is 0 Å². The summed E-state index contributed by atoms with van der Waals surface area (Å²) in [7, 11) is 0. The number of pyridine rings is 1. The molecule has 0 saturated heterocycles. The number of esters is 1. The highest BCUT2D eigenvalue weighted by molar-refractivity contribution is 5.69. The number of hydrogen-bond donors (Lipinski definition) is 0. The van der Waals surface area contributed by atoms with E-state index in [0.29, 0.717) is 5.92 Å². The van der Waals surface area contributed by atoms with E-state index < -0.39 is 16.5 Å². The van der Waals surface area contributed by atoms with Crippen molar-refractivity contribution in [3.8, 4) is 0 Å². The summed E-state index contributed by atoms with van der Waals surface area (Å²) in [6, 6.07) is 2.16. The molecule has 0 unspecified atom stereocenters. The smallest absolute Gasteiger partial charge is 0.326 e. The highest BCUT2D eigenvalue weighted by Crippen LogP contribution is 2.06. The number of rotatable bonds is 6. The van der Waals surface area contributed by atoms with Gasteiger partial charge in [0.15, 0.2) is 0 Å². The molecule has 0 aliphatic carbocycles. The predicted molar refractivity (Wildman–Crippen MR) is 67.8 cm³/mol. The summed E-state index contributed by atoms with van der Waals surface area (Å²) in [5.74, 6) is -0.170. The number of aromatic nitrogens is 1. The van der Waals surface area contributed by atoms with Gasteiger partial charge in [-0.2, -0.15) is 0 Å². The lowest BCUT2D eigenvalue weighted by molar-refractivity contribution is -0.385. The topological polar surface area (TPSA) is 91.4 Å². The lowest BCUT2D eigenvalue weighted by Crippen LogP contribution is -2.24. The summed E-state index contributed by atoms with van der Waals surface area (Å²) in [6.45, 7) is 3.95. The van der Waals surface area contributed by atoms with E-state index in [-0.39, 0.29) is 18.8 Å². The molecule has 1 rings (SSSR count). The molecule has 0 spiro atoms. The third-order valence-electron chi connectivity index (χ3n) is 2.44. The first-order valence-corrected chi connectivity index (χ1v) is 5.90. The number of ether oxygens (including phenoxy) is 1. The van der Waals surface area contributed by atoms with Gasteiger partial charge in [0.05, 0.1) is 17.7 Å². The molecule has 0 aromatic carbocycles. The molecular weight excluding hydrogens is 252 g/mol. The molecule has 0 saturated carbocycles. The Bertz CT molecular complexity index is 521. The fourth-order valence-corrected chi connectivity index (χ4v) is 1.34. The van der Waals surface area contributed by atoms with Crippen LogP contribution in [0.25, 0.3) is 0 Å². The molecule has 0 aliphatic heterocycles. The van der Waals surface area contributed by atoms with Gasteiger partial charge in [-0.3, -0.25) is 24.3 Å². The molecule has 19 heavy (non-hydrogen) atoms. The van der Waals surface area contributed by atoms with E-state index in [9.17, 15) is 19.7 Å². The molecule has 1 aromatic rings. The average molecular weight is 268 g/mol. The minimum atomic E-state index is -0.625. The van der Waals surface area contributed by atoms with E-state index in [1.54, 1.807) is 0 Å². The number of nitro groups is 1. The zero-order valence-corrected chi connectivity index (χ0v) is 10.9. The van der Waals surface area contributed by atoms with Crippen LogP contribution in [0.4, 0.5) is 5.69 Å². The van der Waals surface area contributed by atoms with Gasteiger partial charge in [0, 0.05) is 12.1 Å². The monoisotopic (exact) mass is 268 g/mol. The van der Waals surface area contributed by atoms with Crippen molar-refractivity contribution in [2.45, 2.75) is 26.8 Å². The van der Waals surface area contributed by atoms with Crippen molar-refractivity contribution in [2.24, 2.45) is 5.92 Å². The van der Waals surface area contributed by atoms with Crippen molar-refractivity contribution < 1.29 is 14.5 Å². The van der Waals surface area contributed by atoms with Crippen LogP contribution in [0.5, 0.6) is 0 Å². The number of carbonyl (C=O) groups is 1. The Labute approximate surface area is 110 Å². The Morgan fingerprint density at radius 1 is 1.47 bits per heavy atom. The summed E-state index contributed by atoms with van der Waals surface area (Å²) in [4.78, 5) is 32.9. The minimum absolute atomic E-state index is 0.241.